The van der Waals surface area contributed by atoms with Crippen LogP contribution in [0.2, 0.25) is 5.02 Å². The fourth-order valence-corrected chi connectivity index (χ4v) is 1.20. The summed E-state index contributed by atoms with van der Waals surface area (Å²) < 4.78 is 13.1. The lowest BCUT2D eigenvalue weighted by molar-refractivity contribution is -0.303. The molecule has 1 aromatic carbocycles. The Labute approximate surface area is 89.7 Å². The molecule has 0 bridgehead atoms. The number of carboxylic acid groups (broad SMARTS) is 1. The number of aliphatic carboxylic acids is 1. The maximum Gasteiger partial charge on any atom is 0.256 e. The second-order valence-corrected chi connectivity index (χ2v) is 3.06. The molecule has 1 aromatic rings. The first kappa shape index (κ1) is 11.5. The number of halogens is 2. The van der Waals surface area contributed by atoms with Gasteiger partial charge in [0.25, 0.3) is 5.91 Å². The fraction of sp³-hybridized carbons (Fsp3) is 0.111. The van der Waals surface area contributed by atoms with Crippen molar-refractivity contribution in [3.8, 4) is 0 Å². The summed E-state index contributed by atoms with van der Waals surface area (Å²) in [4.78, 5) is 21.3. The Kier molecular flexibility index (Phi) is 3.62. The average Bonchev–Trinajstić information content (AvgIpc) is 2.14. The van der Waals surface area contributed by atoms with Crippen LogP contribution < -0.4 is 10.4 Å². The van der Waals surface area contributed by atoms with E-state index >= 15 is 0 Å². The zero-order chi connectivity index (χ0) is 11.4. The summed E-state index contributed by atoms with van der Waals surface area (Å²) in [5, 5.41) is 11.9. The molecule has 0 aliphatic heterocycles. The predicted molar refractivity (Wildman–Crippen MR) is 48.8 cm³/mol. The first-order valence-corrected chi connectivity index (χ1v) is 4.32. The topological polar surface area (TPSA) is 69.2 Å². The highest BCUT2D eigenvalue weighted by Crippen LogP contribution is 2.18. The van der Waals surface area contributed by atoms with Gasteiger partial charge in [0, 0.05) is 0 Å². The molecule has 0 spiro atoms. The van der Waals surface area contributed by atoms with E-state index in [9.17, 15) is 19.1 Å². The number of benzene rings is 1. The van der Waals surface area contributed by atoms with Gasteiger partial charge in [0.2, 0.25) is 0 Å². The lowest BCUT2D eigenvalue weighted by Gasteiger charge is -2.07. The third-order valence-electron chi connectivity index (χ3n) is 1.58. The number of rotatable bonds is 3. The first-order valence-electron chi connectivity index (χ1n) is 3.94. The molecule has 1 amide bonds. The minimum absolute atomic E-state index is 0.0779. The molecular weight excluding hydrogens is 225 g/mol. The molecule has 0 aliphatic rings. The largest absolute Gasteiger partial charge is 0.548 e. The van der Waals surface area contributed by atoms with Crippen molar-refractivity contribution in [1.29, 1.82) is 0 Å². The van der Waals surface area contributed by atoms with E-state index in [0.717, 1.165) is 6.07 Å². The van der Waals surface area contributed by atoms with Gasteiger partial charge in [-0.2, -0.15) is 0 Å². The van der Waals surface area contributed by atoms with Crippen molar-refractivity contribution in [3.63, 3.8) is 0 Å². The maximum atomic E-state index is 13.1. The minimum Gasteiger partial charge on any atom is -0.548 e. The molecule has 1 N–H and O–H groups in total. The molecule has 0 aliphatic carbocycles. The van der Waals surface area contributed by atoms with E-state index in [2.05, 4.69) is 0 Å². The molecule has 0 saturated carbocycles. The zero-order valence-electron chi connectivity index (χ0n) is 7.42. The van der Waals surface area contributed by atoms with Gasteiger partial charge in [0.15, 0.2) is 0 Å². The number of carbonyl (C=O) groups is 2. The molecule has 0 saturated heterocycles. The van der Waals surface area contributed by atoms with E-state index in [0.29, 0.717) is 0 Å². The molecular formula is C9H6ClFNO3-. The van der Waals surface area contributed by atoms with Gasteiger partial charge >= 0.3 is 0 Å². The highest BCUT2D eigenvalue weighted by atomic mass is 35.5. The number of hydrogen-bond donors (Lipinski definition) is 1. The van der Waals surface area contributed by atoms with Crippen molar-refractivity contribution in [3.05, 3.63) is 34.6 Å². The van der Waals surface area contributed by atoms with Crippen molar-refractivity contribution in [1.82, 2.24) is 5.32 Å². The van der Waals surface area contributed by atoms with Crippen LogP contribution in [0.25, 0.3) is 0 Å². The summed E-state index contributed by atoms with van der Waals surface area (Å²) in [6.45, 7) is -0.691. The van der Waals surface area contributed by atoms with Gasteiger partial charge in [-0.25, -0.2) is 4.39 Å². The summed E-state index contributed by atoms with van der Waals surface area (Å²) in [6, 6.07) is 3.73. The molecule has 0 radical (unpaired) electrons. The minimum atomic E-state index is -1.46. The van der Waals surface area contributed by atoms with Crippen molar-refractivity contribution in [2.45, 2.75) is 0 Å². The van der Waals surface area contributed by atoms with E-state index in [1.807, 2.05) is 5.32 Å². The third-order valence-corrected chi connectivity index (χ3v) is 1.90. The van der Waals surface area contributed by atoms with Gasteiger partial charge in [-0.3, -0.25) is 4.79 Å². The van der Waals surface area contributed by atoms with Crippen LogP contribution in [0.15, 0.2) is 18.2 Å². The van der Waals surface area contributed by atoms with Gasteiger partial charge in [-0.05, 0) is 12.1 Å². The van der Waals surface area contributed by atoms with Crippen LogP contribution in [0, 0.1) is 5.82 Å². The summed E-state index contributed by atoms with van der Waals surface area (Å²) in [6.07, 6.45) is 0. The second kappa shape index (κ2) is 4.75. The molecule has 0 unspecified atom stereocenters. The quantitative estimate of drug-likeness (QED) is 0.792. The average molecular weight is 231 g/mol. The van der Waals surface area contributed by atoms with E-state index in [1.54, 1.807) is 0 Å². The predicted octanol–water partition coefficient (Wildman–Crippen LogP) is -0.0412. The summed E-state index contributed by atoms with van der Waals surface area (Å²) >= 11 is 5.58. The number of carboxylic acids is 1. The van der Waals surface area contributed by atoms with Crippen molar-refractivity contribution in [2.24, 2.45) is 0 Å². The van der Waals surface area contributed by atoms with Crippen LogP contribution in [-0.2, 0) is 4.79 Å². The van der Waals surface area contributed by atoms with Crippen LogP contribution in [0.5, 0.6) is 0 Å². The van der Waals surface area contributed by atoms with Crippen molar-refractivity contribution in [2.75, 3.05) is 6.54 Å². The van der Waals surface area contributed by atoms with Gasteiger partial charge < -0.3 is 15.2 Å². The van der Waals surface area contributed by atoms with Crippen LogP contribution in [-0.4, -0.2) is 18.4 Å². The van der Waals surface area contributed by atoms with Gasteiger partial charge in [-0.1, -0.05) is 17.7 Å². The maximum absolute atomic E-state index is 13.1. The highest BCUT2D eigenvalue weighted by Gasteiger charge is 2.14. The first-order chi connectivity index (χ1) is 7.02. The van der Waals surface area contributed by atoms with E-state index in [-0.39, 0.29) is 10.6 Å². The Balaban J connectivity index is 2.86. The lowest BCUT2D eigenvalue weighted by atomic mass is 10.2. The highest BCUT2D eigenvalue weighted by molar-refractivity contribution is 6.33. The van der Waals surface area contributed by atoms with E-state index in [4.69, 9.17) is 11.6 Å². The summed E-state index contributed by atoms with van der Waals surface area (Å²) in [5.41, 5.74) is -0.375. The molecule has 80 valence electrons. The smallest absolute Gasteiger partial charge is 0.256 e. The summed E-state index contributed by atoms with van der Waals surface area (Å²) in [5.74, 6) is -3.16. The van der Waals surface area contributed by atoms with E-state index in [1.165, 1.54) is 12.1 Å². The Bertz CT molecular complexity index is 388. The molecule has 0 heterocycles. The van der Waals surface area contributed by atoms with Crippen LogP contribution in [0.4, 0.5) is 4.39 Å². The third kappa shape index (κ3) is 2.92. The number of carbonyl (C=O) groups excluding carboxylic acids is 2. The number of nitrogens with one attached hydrogen (secondary N) is 1. The van der Waals surface area contributed by atoms with Gasteiger partial charge in [-0.15, -0.1) is 0 Å². The lowest BCUT2D eigenvalue weighted by Crippen LogP contribution is -2.38. The molecule has 15 heavy (non-hydrogen) atoms. The molecule has 4 nitrogen and oxygen atoms in total. The van der Waals surface area contributed by atoms with E-state index < -0.39 is 24.2 Å². The Morgan fingerprint density at radius 1 is 1.47 bits per heavy atom. The number of amides is 1. The van der Waals surface area contributed by atoms with Crippen LogP contribution >= 0.6 is 11.6 Å². The Morgan fingerprint density at radius 2 is 2.13 bits per heavy atom. The van der Waals surface area contributed by atoms with Gasteiger partial charge in [0.05, 0.1) is 23.1 Å². The zero-order valence-corrected chi connectivity index (χ0v) is 8.18. The molecule has 1 rings (SSSR count). The van der Waals surface area contributed by atoms with Crippen molar-refractivity contribution < 1.29 is 19.1 Å². The molecule has 0 aromatic heterocycles. The second-order valence-electron chi connectivity index (χ2n) is 2.65. The van der Waals surface area contributed by atoms with Crippen molar-refractivity contribution >= 4 is 23.5 Å². The fourth-order valence-electron chi connectivity index (χ4n) is 0.956. The van der Waals surface area contributed by atoms with Crippen LogP contribution in [0.1, 0.15) is 10.4 Å². The van der Waals surface area contributed by atoms with Crippen LogP contribution in [0.3, 0.4) is 0 Å². The number of hydrogen-bond acceptors (Lipinski definition) is 3. The summed E-state index contributed by atoms with van der Waals surface area (Å²) in [7, 11) is 0. The molecule has 0 fully saturated rings. The Hall–Kier alpha value is -1.62. The standard InChI is InChI=1S/C9H7ClFNO3/c10-5-2-1-3-6(11)8(5)9(15)12-4-7(13)14/h1-3H,4H2,(H,12,15)(H,13,14)/p-1. The molecule has 6 heteroatoms. The normalized spacial score (nSPS) is 9.73. The Morgan fingerprint density at radius 3 is 2.67 bits per heavy atom. The monoisotopic (exact) mass is 230 g/mol. The molecule has 0 atom stereocenters. The van der Waals surface area contributed by atoms with Gasteiger partial charge in [0.1, 0.15) is 5.82 Å². The SMILES string of the molecule is O=C([O-])CNC(=O)c1c(F)cccc1Cl.